The van der Waals surface area contributed by atoms with E-state index in [9.17, 15) is 4.79 Å². The van der Waals surface area contributed by atoms with Crippen molar-refractivity contribution in [3.05, 3.63) is 0 Å². The van der Waals surface area contributed by atoms with E-state index in [4.69, 9.17) is 15.2 Å². The first-order valence-electron chi connectivity index (χ1n) is 5.74. The lowest BCUT2D eigenvalue weighted by atomic mass is 10.0. The third-order valence-electron chi connectivity index (χ3n) is 2.94. The lowest BCUT2D eigenvalue weighted by molar-refractivity contribution is -0.141. The maximum atomic E-state index is 11.9. The Labute approximate surface area is 96.9 Å². The summed E-state index contributed by atoms with van der Waals surface area (Å²) in [6.07, 6.45) is 1.68. The highest BCUT2D eigenvalue weighted by Crippen LogP contribution is 2.14. The molecule has 1 rings (SSSR count). The van der Waals surface area contributed by atoms with Gasteiger partial charge in [0.1, 0.15) is 6.10 Å². The van der Waals surface area contributed by atoms with Crippen LogP contribution in [0.2, 0.25) is 0 Å². The Bertz CT molecular complexity index is 213. The van der Waals surface area contributed by atoms with Gasteiger partial charge in [-0.25, -0.2) is 0 Å². The number of nitrogens with zero attached hydrogens (tertiary/aromatic N) is 1. The lowest BCUT2D eigenvalue weighted by Crippen LogP contribution is -2.44. The zero-order valence-corrected chi connectivity index (χ0v) is 10.1. The Morgan fingerprint density at radius 2 is 2.44 bits per heavy atom. The third-order valence-corrected chi connectivity index (χ3v) is 2.94. The number of methoxy groups -OCH3 is 1. The summed E-state index contributed by atoms with van der Waals surface area (Å²) in [5.41, 5.74) is 5.46. The summed E-state index contributed by atoms with van der Waals surface area (Å²) in [4.78, 5) is 13.6. The Kier molecular flexibility index (Phi) is 5.73. The van der Waals surface area contributed by atoms with Crippen molar-refractivity contribution in [2.75, 3.05) is 40.5 Å². The zero-order chi connectivity index (χ0) is 12.0. The van der Waals surface area contributed by atoms with Crippen molar-refractivity contribution >= 4 is 5.91 Å². The van der Waals surface area contributed by atoms with E-state index in [1.165, 1.54) is 7.11 Å². The Balaban J connectivity index is 2.37. The largest absolute Gasteiger partial charge is 0.381 e. The van der Waals surface area contributed by atoms with Crippen LogP contribution in [0.15, 0.2) is 0 Å². The minimum Gasteiger partial charge on any atom is -0.381 e. The van der Waals surface area contributed by atoms with E-state index in [0.717, 1.165) is 32.6 Å². The summed E-state index contributed by atoms with van der Waals surface area (Å²) in [5, 5.41) is 0. The number of rotatable bonds is 5. The number of hydrogen-bond donors (Lipinski definition) is 1. The van der Waals surface area contributed by atoms with Crippen LogP contribution >= 0.6 is 0 Å². The molecule has 0 aromatic heterocycles. The molecule has 1 aliphatic rings. The van der Waals surface area contributed by atoms with Crippen LogP contribution in [0.25, 0.3) is 0 Å². The van der Waals surface area contributed by atoms with Gasteiger partial charge in [-0.05, 0) is 18.8 Å². The molecule has 1 saturated heterocycles. The minimum absolute atomic E-state index is 0.0458. The molecule has 5 nitrogen and oxygen atoms in total. The average Bonchev–Trinajstić information content (AvgIpc) is 2.31. The number of amides is 1. The van der Waals surface area contributed by atoms with E-state index in [1.807, 2.05) is 0 Å². The molecule has 16 heavy (non-hydrogen) atoms. The zero-order valence-electron chi connectivity index (χ0n) is 10.1. The fourth-order valence-corrected chi connectivity index (χ4v) is 1.97. The van der Waals surface area contributed by atoms with Crippen molar-refractivity contribution in [2.45, 2.75) is 18.9 Å². The highest BCUT2D eigenvalue weighted by Gasteiger charge is 2.23. The Morgan fingerprint density at radius 1 is 1.69 bits per heavy atom. The molecule has 94 valence electrons. The molecule has 1 aliphatic heterocycles. The van der Waals surface area contributed by atoms with Crippen molar-refractivity contribution in [2.24, 2.45) is 11.7 Å². The fourth-order valence-electron chi connectivity index (χ4n) is 1.97. The van der Waals surface area contributed by atoms with Crippen LogP contribution in [0.4, 0.5) is 0 Å². The summed E-state index contributed by atoms with van der Waals surface area (Å²) in [7, 11) is 3.30. The summed E-state index contributed by atoms with van der Waals surface area (Å²) in [5.74, 6) is 0.397. The van der Waals surface area contributed by atoms with Gasteiger partial charge in [-0.2, -0.15) is 0 Å². The predicted molar refractivity (Wildman–Crippen MR) is 61.0 cm³/mol. The summed E-state index contributed by atoms with van der Waals surface area (Å²) in [6, 6.07) is 0. The van der Waals surface area contributed by atoms with Crippen LogP contribution in [0.3, 0.4) is 0 Å². The first kappa shape index (κ1) is 13.4. The molecule has 5 heteroatoms. The highest BCUT2D eigenvalue weighted by molar-refractivity contribution is 5.80. The van der Waals surface area contributed by atoms with Crippen molar-refractivity contribution in [1.82, 2.24) is 4.90 Å². The molecule has 0 aliphatic carbocycles. The smallest absolute Gasteiger partial charge is 0.252 e. The van der Waals surface area contributed by atoms with Crippen LogP contribution in [-0.2, 0) is 14.3 Å². The minimum atomic E-state index is -0.519. The van der Waals surface area contributed by atoms with Gasteiger partial charge in [-0.15, -0.1) is 0 Å². The molecule has 1 fully saturated rings. The first-order chi connectivity index (χ1) is 7.69. The normalized spacial score (nSPS) is 22.8. The van der Waals surface area contributed by atoms with Crippen LogP contribution in [-0.4, -0.2) is 57.4 Å². The van der Waals surface area contributed by atoms with Gasteiger partial charge >= 0.3 is 0 Å². The van der Waals surface area contributed by atoms with Crippen LogP contribution in [0.1, 0.15) is 12.8 Å². The standard InChI is InChI=1S/C11H22N2O3/c1-13(11(14)10(6-12)15-2)7-9-4-3-5-16-8-9/h9-10H,3-8,12H2,1-2H3. The second kappa shape index (κ2) is 6.83. The Morgan fingerprint density at radius 3 is 2.94 bits per heavy atom. The van der Waals surface area contributed by atoms with Crippen molar-refractivity contribution in [1.29, 1.82) is 0 Å². The molecule has 0 aromatic carbocycles. The molecule has 0 bridgehead atoms. The molecular formula is C11H22N2O3. The third kappa shape index (κ3) is 3.73. The number of ether oxygens (including phenoxy) is 2. The number of likely N-dealkylation sites (N-methyl/N-ethyl adjacent to an activating group) is 1. The summed E-state index contributed by atoms with van der Waals surface area (Å²) >= 11 is 0. The molecule has 0 aromatic rings. The van der Waals surface area contributed by atoms with Crippen LogP contribution in [0, 0.1) is 5.92 Å². The predicted octanol–water partition coefficient (Wildman–Crippen LogP) is -0.155. The van der Waals surface area contributed by atoms with Crippen molar-refractivity contribution in [3.63, 3.8) is 0 Å². The molecule has 1 heterocycles. The summed E-state index contributed by atoms with van der Waals surface area (Å²) < 4.78 is 10.4. The van der Waals surface area contributed by atoms with E-state index < -0.39 is 6.10 Å². The number of carbonyl (C=O) groups is 1. The van der Waals surface area contributed by atoms with E-state index in [-0.39, 0.29) is 12.5 Å². The van der Waals surface area contributed by atoms with Gasteiger partial charge in [-0.1, -0.05) is 0 Å². The van der Waals surface area contributed by atoms with Gasteiger partial charge in [0.25, 0.3) is 5.91 Å². The molecular weight excluding hydrogens is 208 g/mol. The number of carbonyl (C=O) groups excluding carboxylic acids is 1. The maximum absolute atomic E-state index is 11.9. The second-order valence-corrected chi connectivity index (χ2v) is 4.26. The van der Waals surface area contributed by atoms with Crippen LogP contribution in [0.5, 0.6) is 0 Å². The van der Waals surface area contributed by atoms with E-state index in [0.29, 0.717) is 5.92 Å². The molecule has 0 saturated carbocycles. The van der Waals surface area contributed by atoms with Gasteiger partial charge in [0.2, 0.25) is 0 Å². The second-order valence-electron chi connectivity index (χ2n) is 4.26. The van der Waals surface area contributed by atoms with Gasteiger partial charge < -0.3 is 20.1 Å². The summed E-state index contributed by atoms with van der Waals surface area (Å²) in [6.45, 7) is 2.54. The van der Waals surface area contributed by atoms with Gasteiger partial charge in [0.05, 0.1) is 6.61 Å². The fraction of sp³-hybridized carbons (Fsp3) is 0.909. The highest BCUT2D eigenvalue weighted by atomic mass is 16.5. The SMILES string of the molecule is COC(CN)C(=O)N(C)CC1CCCOC1. The van der Waals surface area contributed by atoms with Crippen molar-refractivity contribution < 1.29 is 14.3 Å². The van der Waals surface area contributed by atoms with Gasteiger partial charge in [0, 0.05) is 33.9 Å². The van der Waals surface area contributed by atoms with Gasteiger partial charge in [0.15, 0.2) is 0 Å². The first-order valence-corrected chi connectivity index (χ1v) is 5.74. The quantitative estimate of drug-likeness (QED) is 0.713. The molecule has 2 atom stereocenters. The molecule has 2 unspecified atom stereocenters. The lowest BCUT2D eigenvalue weighted by Gasteiger charge is -2.28. The van der Waals surface area contributed by atoms with E-state index in [2.05, 4.69) is 0 Å². The average molecular weight is 230 g/mol. The monoisotopic (exact) mass is 230 g/mol. The van der Waals surface area contributed by atoms with Crippen molar-refractivity contribution in [3.8, 4) is 0 Å². The number of nitrogens with two attached hydrogens (primary N) is 1. The topological polar surface area (TPSA) is 64.8 Å². The maximum Gasteiger partial charge on any atom is 0.252 e. The molecule has 2 N–H and O–H groups in total. The molecule has 0 spiro atoms. The van der Waals surface area contributed by atoms with Gasteiger partial charge in [-0.3, -0.25) is 4.79 Å². The number of hydrogen-bond acceptors (Lipinski definition) is 4. The Hall–Kier alpha value is -0.650. The molecule has 1 amide bonds. The van der Waals surface area contributed by atoms with E-state index in [1.54, 1.807) is 11.9 Å². The van der Waals surface area contributed by atoms with E-state index >= 15 is 0 Å². The molecule has 0 radical (unpaired) electrons. The van der Waals surface area contributed by atoms with Crippen LogP contribution < -0.4 is 5.73 Å².